The van der Waals surface area contributed by atoms with Gasteiger partial charge in [-0.2, -0.15) is 0 Å². The van der Waals surface area contributed by atoms with E-state index in [2.05, 4.69) is 27.6 Å². The van der Waals surface area contributed by atoms with Crippen LogP contribution < -0.4 is 33.8 Å². The minimum absolute atomic E-state index is 0.0833. The second kappa shape index (κ2) is 15.4. The monoisotopic (exact) mass is 786 g/mol. The van der Waals surface area contributed by atoms with E-state index in [9.17, 15) is 14.0 Å². The summed E-state index contributed by atoms with van der Waals surface area (Å²) in [6, 6.07) is 14.5. The molecule has 0 bridgehead atoms. The first kappa shape index (κ1) is 35.1. The van der Waals surface area contributed by atoms with Gasteiger partial charge < -0.3 is 23.7 Å². The Hall–Kier alpha value is -4.17. The maximum atomic E-state index is 14.2. The molecule has 48 heavy (non-hydrogen) atoms. The molecule has 0 saturated heterocycles. The SMILES string of the molecule is CCOC(=O)C1=C(C)N=c2s/c(=C\c3cc(I)c(OCc4cccc(F)c4)c(OCC)c3)c(=O)n2[C@H]1c1ccc(OC(C)C)c(OC)c1. The maximum Gasteiger partial charge on any atom is 0.338 e. The van der Waals surface area contributed by atoms with Crippen molar-refractivity contribution >= 4 is 46.0 Å². The number of carbonyl (C=O) groups is 1. The zero-order valence-corrected chi connectivity index (χ0v) is 30.4. The number of aromatic nitrogens is 1. The van der Waals surface area contributed by atoms with E-state index in [0.717, 1.165) is 3.57 Å². The highest BCUT2D eigenvalue weighted by molar-refractivity contribution is 14.1. The lowest BCUT2D eigenvalue weighted by Gasteiger charge is -2.25. The number of esters is 1. The van der Waals surface area contributed by atoms with Gasteiger partial charge in [-0.15, -0.1) is 0 Å². The predicted octanol–water partition coefficient (Wildman–Crippen LogP) is 6.32. The topological polar surface area (TPSA) is 97.6 Å². The molecule has 1 aromatic heterocycles. The Kier molecular flexibility index (Phi) is 11.3. The van der Waals surface area contributed by atoms with Crippen LogP contribution in [0.4, 0.5) is 4.39 Å². The quantitative estimate of drug-likeness (QED) is 0.123. The van der Waals surface area contributed by atoms with Crippen LogP contribution in [0, 0.1) is 9.39 Å². The van der Waals surface area contributed by atoms with Gasteiger partial charge in [0.2, 0.25) is 0 Å². The third kappa shape index (κ3) is 7.59. The molecule has 0 radical (unpaired) electrons. The molecule has 0 N–H and O–H groups in total. The third-order valence-electron chi connectivity index (χ3n) is 7.28. The van der Waals surface area contributed by atoms with Gasteiger partial charge in [-0.3, -0.25) is 9.36 Å². The zero-order chi connectivity index (χ0) is 34.5. The van der Waals surface area contributed by atoms with Crippen molar-refractivity contribution in [1.82, 2.24) is 4.57 Å². The average molecular weight is 787 g/mol. The van der Waals surface area contributed by atoms with E-state index in [1.807, 2.05) is 32.9 Å². The molecule has 252 valence electrons. The normalized spacial score (nSPS) is 14.4. The second-order valence-electron chi connectivity index (χ2n) is 11.1. The Bertz CT molecular complexity index is 2050. The van der Waals surface area contributed by atoms with Gasteiger partial charge in [-0.05, 0) is 116 Å². The minimum Gasteiger partial charge on any atom is -0.493 e. The number of ether oxygens (including phenoxy) is 5. The summed E-state index contributed by atoms with van der Waals surface area (Å²) in [5.41, 5.74) is 2.44. The Labute approximate surface area is 295 Å². The van der Waals surface area contributed by atoms with Crippen molar-refractivity contribution in [3.63, 3.8) is 0 Å². The van der Waals surface area contributed by atoms with Crippen molar-refractivity contribution in [3.05, 3.63) is 112 Å². The molecule has 0 aliphatic carbocycles. The molecule has 1 aliphatic rings. The Morgan fingerprint density at radius 2 is 1.85 bits per heavy atom. The smallest absolute Gasteiger partial charge is 0.338 e. The van der Waals surface area contributed by atoms with Crippen LogP contribution in [0.25, 0.3) is 6.08 Å². The number of benzene rings is 3. The van der Waals surface area contributed by atoms with Crippen LogP contribution in [0.2, 0.25) is 0 Å². The van der Waals surface area contributed by atoms with Crippen molar-refractivity contribution in [2.75, 3.05) is 20.3 Å². The lowest BCUT2D eigenvalue weighted by atomic mass is 9.95. The number of fused-ring (bicyclic) bond motifs is 1. The van der Waals surface area contributed by atoms with E-state index in [1.165, 1.54) is 28.0 Å². The van der Waals surface area contributed by atoms with Crippen molar-refractivity contribution in [1.29, 1.82) is 0 Å². The lowest BCUT2D eigenvalue weighted by Crippen LogP contribution is -2.40. The molecule has 0 saturated carbocycles. The molecule has 4 aromatic rings. The highest BCUT2D eigenvalue weighted by Crippen LogP contribution is 2.37. The van der Waals surface area contributed by atoms with E-state index in [1.54, 1.807) is 57.4 Å². The van der Waals surface area contributed by atoms with Crippen molar-refractivity contribution in [2.24, 2.45) is 4.99 Å². The first-order valence-corrected chi connectivity index (χ1v) is 17.3. The Balaban J connectivity index is 1.61. The van der Waals surface area contributed by atoms with E-state index >= 15 is 0 Å². The summed E-state index contributed by atoms with van der Waals surface area (Å²) in [7, 11) is 1.54. The molecule has 1 aliphatic heterocycles. The van der Waals surface area contributed by atoms with Gasteiger partial charge in [0.15, 0.2) is 27.8 Å². The van der Waals surface area contributed by atoms with Crippen molar-refractivity contribution < 1.29 is 32.9 Å². The Morgan fingerprint density at radius 3 is 2.54 bits per heavy atom. The number of halogens is 2. The van der Waals surface area contributed by atoms with Crippen LogP contribution in [0.1, 0.15) is 57.4 Å². The molecule has 5 rings (SSSR count). The van der Waals surface area contributed by atoms with Crippen LogP contribution in [0.3, 0.4) is 0 Å². The van der Waals surface area contributed by atoms with Gasteiger partial charge in [-0.25, -0.2) is 14.2 Å². The first-order valence-electron chi connectivity index (χ1n) is 15.4. The summed E-state index contributed by atoms with van der Waals surface area (Å²) in [6.07, 6.45) is 1.69. The fraction of sp³-hybridized carbons (Fsp3) is 0.306. The molecule has 3 aromatic carbocycles. The lowest BCUT2D eigenvalue weighted by molar-refractivity contribution is -0.139. The molecule has 0 spiro atoms. The number of carbonyl (C=O) groups excluding carboxylic acids is 1. The average Bonchev–Trinajstić information content (AvgIpc) is 3.33. The van der Waals surface area contributed by atoms with Crippen LogP contribution in [0.15, 0.2) is 75.7 Å². The van der Waals surface area contributed by atoms with E-state index in [0.29, 0.717) is 61.3 Å². The maximum absolute atomic E-state index is 14.2. The molecule has 2 heterocycles. The fourth-order valence-electron chi connectivity index (χ4n) is 5.32. The van der Waals surface area contributed by atoms with E-state index in [4.69, 9.17) is 23.7 Å². The Morgan fingerprint density at radius 1 is 1.06 bits per heavy atom. The molecule has 0 unspecified atom stereocenters. The standard InChI is InChI=1S/C36H36FIN2O7S/c1-7-44-29-16-23(15-26(38)33(29)46-19-22-10-9-11-25(37)14-22)17-30-34(41)40-32(24-12-13-27(47-20(3)4)28(18-24)43-6)31(35(42)45-8-2)21(5)39-36(40)48-30/h9-18,20,32H,7-8,19H2,1-6H3/b30-17-/t32-/m0/s1. The van der Waals surface area contributed by atoms with Crippen LogP contribution in [-0.2, 0) is 16.1 Å². The highest BCUT2D eigenvalue weighted by Gasteiger charge is 2.34. The van der Waals surface area contributed by atoms with Crippen LogP contribution >= 0.6 is 33.9 Å². The van der Waals surface area contributed by atoms with Crippen LogP contribution in [0.5, 0.6) is 23.0 Å². The summed E-state index contributed by atoms with van der Waals surface area (Å²) in [5.74, 6) is 1.15. The fourth-order valence-corrected chi connectivity index (χ4v) is 7.15. The molecular weight excluding hydrogens is 750 g/mol. The van der Waals surface area contributed by atoms with Gasteiger partial charge >= 0.3 is 5.97 Å². The highest BCUT2D eigenvalue weighted by atomic mass is 127. The third-order valence-corrected chi connectivity index (χ3v) is 9.07. The predicted molar refractivity (Wildman–Crippen MR) is 190 cm³/mol. The number of nitrogens with zero attached hydrogens (tertiary/aromatic N) is 2. The zero-order valence-electron chi connectivity index (χ0n) is 27.5. The minimum atomic E-state index is -0.817. The van der Waals surface area contributed by atoms with Gasteiger partial charge in [-0.1, -0.05) is 29.5 Å². The summed E-state index contributed by atoms with van der Waals surface area (Å²) < 4.78 is 45.4. The van der Waals surface area contributed by atoms with Gasteiger partial charge in [0.1, 0.15) is 12.4 Å². The summed E-state index contributed by atoms with van der Waals surface area (Å²) >= 11 is 3.38. The number of allylic oxidation sites excluding steroid dienone is 1. The molecule has 9 nitrogen and oxygen atoms in total. The number of hydrogen-bond acceptors (Lipinski definition) is 9. The molecule has 0 amide bonds. The molecular formula is C36H36FIN2O7S. The number of thiazole rings is 1. The number of methoxy groups -OCH3 is 1. The van der Waals surface area contributed by atoms with Crippen molar-refractivity contribution in [3.8, 4) is 23.0 Å². The summed E-state index contributed by atoms with van der Waals surface area (Å²) in [4.78, 5) is 32.7. The number of rotatable bonds is 12. The van der Waals surface area contributed by atoms with Gasteiger partial charge in [0.05, 0.1) is 51.8 Å². The second-order valence-corrected chi connectivity index (χ2v) is 13.2. The first-order chi connectivity index (χ1) is 23.0. The van der Waals surface area contributed by atoms with Gasteiger partial charge in [0.25, 0.3) is 5.56 Å². The largest absolute Gasteiger partial charge is 0.493 e. The number of hydrogen-bond donors (Lipinski definition) is 0. The van der Waals surface area contributed by atoms with E-state index < -0.39 is 12.0 Å². The van der Waals surface area contributed by atoms with Crippen LogP contribution in [-0.4, -0.2) is 37.0 Å². The van der Waals surface area contributed by atoms with Crippen molar-refractivity contribution in [2.45, 2.75) is 53.4 Å². The molecule has 12 heteroatoms. The van der Waals surface area contributed by atoms with E-state index in [-0.39, 0.29) is 36.3 Å². The summed E-state index contributed by atoms with van der Waals surface area (Å²) in [6.45, 7) is 9.89. The molecule has 1 atom stereocenters. The van der Waals surface area contributed by atoms with Gasteiger partial charge in [0, 0.05) is 0 Å². The molecule has 0 fully saturated rings. The summed E-state index contributed by atoms with van der Waals surface area (Å²) in [5, 5.41) is 0.